The summed E-state index contributed by atoms with van der Waals surface area (Å²) in [6, 6.07) is 9.02. The number of carbonyl (C=O) groups excluding carboxylic acids is 1. The monoisotopic (exact) mass is 243 g/mol. The molecular formula is C14H13NO3. The van der Waals surface area contributed by atoms with Gasteiger partial charge in [-0.1, -0.05) is 6.07 Å². The number of aryl methyl sites for hydroxylation is 1. The third kappa shape index (κ3) is 2.13. The molecule has 0 atom stereocenters. The van der Waals surface area contributed by atoms with E-state index in [1.165, 1.54) is 30.3 Å². The Morgan fingerprint density at radius 3 is 2.11 bits per heavy atom. The zero-order valence-corrected chi connectivity index (χ0v) is 9.84. The highest BCUT2D eigenvalue weighted by Crippen LogP contribution is 2.27. The smallest absolute Gasteiger partial charge is 0.200 e. The highest BCUT2D eigenvalue weighted by molar-refractivity contribution is 6.12. The molecule has 0 heterocycles. The maximum absolute atomic E-state index is 12.1. The van der Waals surface area contributed by atoms with Gasteiger partial charge in [0, 0.05) is 11.8 Å². The van der Waals surface area contributed by atoms with Crippen LogP contribution in [0.15, 0.2) is 36.4 Å². The SMILES string of the molecule is Cc1ccc(C(=O)c2ccc(N)cc2O)c(O)c1. The van der Waals surface area contributed by atoms with Crippen molar-refractivity contribution in [3.8, 4) is 11.5 Å². The molecule has 2 aromatic carbocycles. The minimum Gasteiger partial charge on any atom is -0.507 e. The predicted molar refractivity (Wildman–Crippen MR) is 68.8 cm³/mol. The average molecular weight is 243 g/mol. The van der Waals surface area contributed by atoms with Crippen molar-refractivity contribution in [2.45, 2.75) is 6.92 Å². The number of aromatic hydroxyl groups is 2. The fourth-order valence-electron chi connectivity index (χ4n) is 1.72. The lowest BCUT2D eigenvalue weighted by Crippen LogP contribution is -2.02. The summed E-state index contributed by atoms with van der Waals surface area (Å²) in [4.78, 5) is 12.1. The Morgan fingerprint density at radius 1 is 1.00 bits per heavy atom. The number of phenolic OH excluding ortho intramolecular Hbond substituents is 2. The lowest BCUT2D eigenvalue weighted by molar-refractivity contribution is 0.103. The molecular weight excluding hydrogens is 230 g/mol. The van der Waals surface area contributed by atoms with Gasteiger partial charge in [0.15, 0.2) is 5.78 Å². The molecule has 0 spiro atoms. The Labute approximate surface area is 104 Å². The summed E-state index contributed by atoms with van der Waals surface area (Å²) in [7, 11) is 0. The van der Waals surface area contributed by atoms with Crippen LogP contribution >= 0.6 is 0 Å². The van der Waals surface area contributed by atoms with E-state index < -0.39 is 5.78 Å². The van der Waals surface area contributed by atoms with Crippen molar-refractivity contribution < 1.29 is 15.0 Å². The van der Waals surface area contributed by atoms with Gasteiger partial charge in [-0.2, -0.15) is 0 Å². The van der Waals surface area contributed by atoms with Crippen LogP contribution in [0.1, 0.15) is 21.5 Å². The van der Waals surface area contributed by atoms with Gasteiger partial charge in [-0.15, -0.1) is 0 Å². The Hall–Kier alpha value is -2.49. The maximum atomic E-state index is 12.1. The summed E-state index contributed by atoms with van der Waals surface area (Å²) in [5.74, 6) is -0.735. The number of phenols is 2. The average Bonchev–Trinajstić information content (AvgIpc) is 2.28. The molecule has 2 aromatic rings. The van der Waals surface area contributed by atoms with E-state index >= 15 is 0 Å². The van der Waals surface area contributed by atoms with Gasteiger partial charge in [0.1, 0.15) is 11.5 Å². The number of hydrogen-bond donors (Lipinski definition) is 3. The Morgan fingerprint density at radius 2 is 1.56 bits per heavy atom. The van der Waals surface area contributed by atoms with E-state index in [0.717, 1.165) is 5.56 Å². The first kappa shape index (κ1) is 12.0. The third-order valence-electron chi connectivity index (χ3n) is 2.66. The van der Waals surface area contributed by atoms with Gasteiger partial charge < -0.3 is 15.9 Å². The van der Waals surface area contributed by atoms with Crippen LogP contribution in [0, 0.1) is 6.92 Å². The van der Waals surface area contributed by atoms with Gasteiger partial charge in [-0.3, -0.25) is 4.79 Å². The van der Waals surface area contributed by atoms with Crippen molar-refractivity contribution in [3.05, 3.63) is 53.1 Å². The number of carbonyl (C=O) groups is 1. The summed E-state index contributed by atoms with van der Waals surface area (Å²) in [5, 5.41) is 19.4. The molecule has 0 aliphatic heterocycles. The fourth-order valence-corrected chi connectivity index (χ4v) is 1.72. The topological polar surface area (TPSA) is 83.6 Å². The Kier molecular flexibility index (Phi) is 2.93. The molecule has 18 heavy (non-hydrogen) atoms. The summed E-state index contributed by atoms with van der Waals surface area (Å²) in [6.07, 6.45) is 0. The molecule has 0 bridgehead atoms. The van der Waals surface area contributed by atoms with Gasteiger partial charge in [0.25, 0.3) is 0 Å². The molecule has 0 saturated heterocycles. The quantitative estimate of drug-likeness (QED) is 0.557. The molecule has 0 aliphatic carbocycles. The minimum absolute atomic E-state index is 0.101. The van der Waals surface area contributed by atoms with Crippen molar-refractivity contribution in [1.29, 1.82) is 0 Å². The number of ketones is 1. The summed E-state index contributed by atoms with van der Waals surface area (Å²) in [5.41, 5.74) is 6.99. The molecule has 4 nitrogen and oxygen atoms in total. The zero-order valence-electron chi connectivity index (χ0n) is 9.84. The van der Waals surface area contributed by atoms with Gasteiger partial charge in [-0.25, -0.2) is 0 Å². The van der Waals surface area contributed by atoms with Crippen LogP contribution in [0.4, 0.5) is 5.69 Å². The van der Waals surface area contributed by atoms with Crippen molar-refractivity contribution in [2.24, 2.45) is 0 Å². The molecule has 2 rings (SSSR count). The van der Waals surface area contributed by atoms with Crippen LogP contribution in [0.3, 0.4) is 0 Å². The number of hydrogen-bond acceptors (Lipinski definition) is 4. The molecule has 0 fully saturated rings. The number of nitrogen functional groups attached to an aromatic ring is 1. The van der Waals surface area contributed by atoms with E-state index in [-0.39, 0.29) is 22.6 Å². The Bertz CT molecular complexity index is 567. The van der Waals surface area contributed by atoms with Gasteiger partial charge in [0.2, 0.25) is 0 Å². The highest BCUT2D eigenvalue weighted by Gasteiger charge is 2.16. The Balaban J connectivity index is 2.48. The van der Waals surface area contributed by atoms with Crippen LogP contribution in [-0.4, -0.2) is 16.0 Å². The molecule has 0 radical (unpaired) electrons. The third-order valence-corrected chi connectivity index (χ3v) is 2.66. The lowest BCUT2D eigenvalue weighted by Gasteiger charge is -2.07. The first-order valence-corrected chi connectivity index (χ1v) is 5.42. The minimum atomic E-state index is -0.440. The van der Waals surface area contributed by atoms with Crippen LogP contribution < -0.4 is 5.73 Å². The summed E-state index contributed by atoms with van der Waals surface area (Å²) in [6.45, 7) is 1.81. The second-order valence-corrected chi connectivity index (χ2v) is 4.13. The largest absolute Gasteiger partial charge is 0.507 e. The highest BCUT2D eigenvalue weighted by atomic mass is 16.3. The molecule has 0 amide bonds. The standard InChI is InChI=1S/C14H13NO3/c1-8-2-4-10(12(16)6-8)14(18)11-5-3-9(15)7-13(11)17/h2-7,16-17H,15H2,1H3. The van der Waals surface area contributed by atoms with Crippen molar-refractivity contribution in [3.63, 3.8) is 0 Å². The van der Waals surface area contributed by atoms with Crippen molar-refractivity contribution in [1.82, 2.24) is 0 Å². The molecule has 0 saturated carbocycles. The van der Waals surface area contributed by atoms with Crippen molar-refractivity contribution in [2.75, 3.05) is 5.73 Å². The number of rotatable bonds is 2. The van der Waals surface area contributed by atoms with Gasteiger partial charge in [0.05, 0.1) is 11.1 Å². The lowest BCUT2D eigenvalue weighted by atomic mass is 10.00. The molecule has 4 N–H and O–H groups in total. The number of nitrogens with two attached hydrogens (primary N) is 1. The number of benzene rings is 2. The van der Waals surface area contributed by atoms with Crippen LogP contribution in [-0.2, 0) is 0 Å². The van der Waals surface area contributed by atoms with Crippen LogP contribution in [0.25, 0.3) is 0 Å². The van der Waals surface area contributed by atoms with Gasteiger partial charge >= 0.3 is 0 Å². The van der Waals surface area contributed by atoms with E-state index in [2.05, 4.69) is 0 Å². The first-order chi connectivity index (χ1) is 8.49. The second kappa shape index (κ2) is 4.41. The normalized spacial score (nSPS) is 10.3. The van der Waals surface area contributed by atoms with E-state index in [1.807, 2.05) is 6.92 Å². The molecule has 0 aliphatic rings. The van der Waals surface area contributed by atoms with Gasteiger partial charge in [-0.05, 0) is 36.8 Å². The van der Waals surface area contributed by atoms with E-state index in [1.54, 1.807) is 6.07 Å². The maximum Gasteiger partial charge on any atom is 0.200 e. The van der Waals surface area contributed by atoms with E-state index in [0.29, 0.717) is 5.69 Å². The summed E-state index contributed by atoms with van der Waals surface area (Å²) < 4.78 is 0. The molecule has 92 valence electrons. The van der Waals surface area contributed by atoms with E-state index in [9.17, 15) is 15.0 Å². The first-order valence-electron chi connectivity index (χ1n) is 5.42. The van der Waals surface area contributed by atoms with Crippen LogP contribution in [0.2, 0.25) is 0 Å². The number of anilines is 1. The second-order valence-electron chi connectivity index (χ2n) is 4.13. The van der Waals surface area contributed by atoms with Crippen molar-refractivity contribution >= 4 is 11.5 Å². The zero-order chi connectivity index (χ0) is 13.3. The molecule has 0 aromatic heterocycles. The molecule has 0 unspecified atom stereocenters. The summed E-state index contributed by atoms with van der Waals surface area (Å²) >= 11 is 0. The van der Waals surface area contributed by atoms with E-state index in [4.69, 9.17) is 5.73 Å². The fraction of sp³-hybridized carbons (Fsp3) is 0.0714. The van der Waals surface area contributed by atoms with Crippen LogP contribution in [0.5, 0.6) is 11.5 Å². The predicted octanol–water partition coefficient (Wildman–Crippen LogP) is 2.22. The molecule has 4 heteroatoms.